The van der Waals surface area contributed by atoms with Gasteiger partial charge in [-0.3, -0.25) is 19.4 Å². The van der Waals surface area contributed by atoms with Crippen LogP contribution in [-0.4, -0.2) is 31.4 Å². The van der Waals surface area contributed by atoms with E-state index in [0.717, 1.165) is 10.5 Å². The number of H-pyrrole nitrogens is 1. The van der Waals surface area contributed by atoms with Crippen LogP contribution in [0, 0.1) is 0 Å². The number of amides is 2. The first-order valence-electron chi connectivity index (χ1n) is 7.50. The van der Waals surface area contributed by atoms with Gasteiger partial charge in [0.2, 0.25) is 17.6 Å². The first-order chi connectivity index (χ1) is 11.6. The average Bonchev–Trinajstić information content (AvgIpc) is 3.10. The van der Waals surface area contributed by atoms with E-state index in [2.05, 4.69) is 15.1 Å². The Kier molecular flexibility index (Phi) is 3.23. The fourth-order valence-electron chi connectivity index (χ4n) is 2.76. The monoisotopic (exact) mass is 323 g/mol. The smallest absolute Gasteiger partial charge is 0.254 e. The number of carbonyl (C=O) groups is 2. The quantitative estimate of drug-likeness (QED) is 0.714. The molecule has 1 aromatic carbocycles. The van der Waals surface area contributed by atoms with E-state index in [9.17, 15) is 14.4 Å². The second-order valence-corrected chi connectivity index (χ2v) is 5.54. The molecule has 0 saturated carbocycles. The van der Waals surface area contributed by atoms with Gasteiger partial charge in [-0.2, -0.15) is 9.50 Å². The van der Waals surface area contributed by atoms with Crippen LogP contribution in [-0.2, 0) is 16.0 Å². The number of anilines is 1. The molecular formula is C16H13N5O3. The lowest BCUT2D eigenvalue weighted by Gasteiger charge is -2.13. The number of imide groups is 1. The van der Waals surface area contributed by atoms with Crippen molar-refractivity contribution in [1.29, 1.82) is 0 Å². The van der Waals surface area contributed by atoms with Gasteiger partial charge in [0, 0.05) is 25.3 Å². The van der Waals surface area contributed by atoms with Crippen molar-refractivity contribution in [2.45, 2.75) is 19.3 Å². The Morgan fingerprint density at radius 2 is 1.75 bits per heavy atom. The minimum atomic E-state index is -0.441. The van der Waals surface area contributed by atoms with Crippen LogP contribution in [0.25, 0.3) is 5.78 Å². The van der Waals surface area contributed by atoms with E-state index < -0.39 is 5.56 Å². The maximum Gasteiger partial charge on any atom is 0.254 e. The van der Waals surface area contributed by atoms with Gasteiger partial charge in [-0.1, -0.05) is 30.3 Å². The summed E-state index contributed by atoms with van der Waals surface area (Å²) in [6.07, 6.45) is 0.753. The number of aromatic amines is 1. The summed E-state index contributed by atoms with van der Waals surface area (Å²) >= 11 is 0. The molecule has 2 amide bonds. The number of nitrogens with one attached hydrogen (secondary N) is 1. The molecule has 0 atom stereocenters. The molecule has 1 aliphatic rings. The van der Waals surface area contributed by atoms with E-state index in [-0.39, 0.29) is 36.3 Å². The van der Waals surface area contributed by atoms with Gasteiger partial charge in [-0.15, -0.1) is 5.10 Å². The van der Waals surface area contributed by atoms with E-state index in [1.807, 2.05) is 30.3 Å². The van der Waals surface area contributed by atoms with Crippen molar-refractivity contribution in [2.24, 2.45) is 0 Å². The van der Waals surface area contributed by atoms with Crippen molar-refractivity contribution in [3.8, 4) is 0 Å². The molecule has 8 heteroatoms. The van der Waals surface area contributed by atoms with E-state index >= 15 is 0 Å². The van der Waals surface area contributed by atoms with Gasteiger partial charge in [0.15, 0.2) is 11.6 Å². The molecule has 0 spiro atoms. The maximum absolute atomic E-state index is 12.0. The van der Waals surface area contributed by atoms with Crippen LogP contribution in [0.5, 0.6) is 0 Å². The zero-order valence-corrected chi connectivity index (χ0v) is 12.6. The number of fused-ring (bicyclic) bond motifs is 1. The number of benzene rings is 1. The molecular weight excluding hydrogens is 310 g/mol. The molecule has 4 rings (SSSR count). The van der Waals surface area contributed by atoms with E-state index in [1.54, 1.807) is 0 Å². The van der Waals surface area contributed by atoms with E-state index in [1.165, 1.54) is 10.6 Å². The molecule has 120 valence electrons. The second-order valence-electron chi connectivity index (χ2n) is 5.54. The topological polar surface area (TPSA) is 100 Å². The van der Waals surface area contributed by atoms with Crippen molar-refractivity contribution in [2.75, 3.05) is 4.90 Å². The van der Waals surface area contributed by atoms with E-state index in [0.29, 0.717) is 12.2 Å². The number of rotatable bonds is 3. The first kappa shape index (κ1) is 14.3. The lowest BCUT2D eigenvalue weighted by Crippen LogP contribution is -2.32. The molecule has 1 fully saturated rings. The highest BCUT2D eigenvalue weighted by Crippen LogP contribution is 2.21. The number of hydrogen-bond donors (Lipinski definition) is 1. The van der Waals surface area contributed by atoms with Crippen LogP contribution in [0.3, 0.4) is 0 Å². The Balaban J connectivity index is 1.82. The molecule has 0 aliphatic carbocycles. The first-order valence-corrected chi connectivity index (χ1v) is 7.50. The summed E-state index contributed by atoms with van der Waals surface area (Å²) in [6, 6.07) is 10.8. The highest BCUT2D eigenvalue weighted by Gasteiger charge is 2.32. The van der Waals surface area contributed by atoms with Gasteiger partial charge in [-0.25, -0.2) is 4.90 Å². The number of aromatic nitrogens is 4. The van der Waals surface area contributed by atoms with Gasteiger partial charge in [0.1, 0.15) is 0 Å². The molecule has 3 aromatic rings. The molecule has 8 nitrogen and oxygen atoms in total. The van der Waals surface area contributed by atoms with Crippen LogP contribution in [0.15, 0.2) is 41.2 Å². The highest BCUT2D eigenvalue weighted by atomic mass is 16.2. The number of nitrogens with zero attached hydrogens (tertiary/aromatic N) is 4. The zero-order valence-electron chi connectivity index (χ0n) is 12.6. The van der Waals surface area contributed by atoms with Gasteiger partial charge >= 0.3 is 0 Å². The fraction of sp³-hybridized carbons (Fsp3) is 0.188. The molecule has 3 heterocycles. The van der Waals surface area contributed by atoms with Crippen LogP contribution in [0.4, 0.5) is 5.82 Å². The third-order valence-corrected chi connectivity index (χ3v) is 3.85. The third kappa shape index (κ3) is 2.37. The summed E-state index contributed by atoms with van der Waals surface area (Å²) in [5, 5.41) is 4.35. The summed E-state index contributed by atoms with van der Waals surface area (Å²) in [7, 11) is 0. The SMILES string of the molecule is O=C1CCC(=O)N1c1cc(=O)[nH]c2nc(Cc3ccccc3)nn12. The predicted octanol–water partition coefficient (Wildman–Crippen LogP) is 0.662. The Labute approximate surface area is 135 Å². The molecule has 0 radical (unpaired) electrons. The van der Waals surface area contributed by atoms with Crippen LogP contribution in [0.1, 0.15) is 24.2 Å². The lowest BCUT2D eigenvalue weighted by atomic mass is 10.1. The molecule has 1 saturated heterocycles. The van der Waals surface area contributed by atoms with Crippen LogP contribution >= 0.6 is 0 Å². The summed E-state index contributed by atoms with van der Waals surface area (Å²) in [6.45, 7) is 0. The Morgan fingerprint density at radius 1 is 1.04 bits per heavy atom. The normalized spacial score (nSPS) is 14.8. The molecule has 0 bridgehead atoms. The van der Waals surface area contributed by atoms with Crippen molar-refractivity contribution < 1.29 is 9.59 Å². The fourth-order valence-corrected chi connectivity index (χ4v) is 2.76. The van der Waals surface area contributed by atoms with Crippen molar-refractivity contribution in [1.82, 2.24) is 19.6 Å². The molecule has 1 aliphatic heterocycles. The molecule has 24 heavy (non-hydrogen) atoms. The highest BCUT2D eigenvalue weighted by molar-refractivity contribution is 6.19. The van der Waals surface area contributed by atoms with Gasteiger partial charge in [0.05, 0.1) is 0 Å². The summed E-state index contributed by atoms with van der Waals surface area (Å²) in [5.74, 6) is 0.145. The average molecular weight is 323 g/mol. The molecule has 1 N–H and O–H groups in total. The number of carbonyl (C=O) groups excluding carboxylic acids is 2. The maximum atomic E-state index is 12.0. The Bertz CT molecular complexity index is 989. The lowest BCUT2D eigenvalue weighted by molar-refractivity contribution is -0.121. The number of hydrogen-bond acceptors (Lipinski definition) is 5. The Hall–Kier alpha value is -3.29. The second kappa shape index (κ2) is 5.41. The van der Waals surface area contributed by atoms with Gasteiger partial charge in [0.25, 0.3) is 5.56 Å². The van der Waals surface area contributed by atoms with Crippen molar-refractivity contribution in [3.05, 3.63) is 58.1 Å². The van der Waals surface area contributed by atoms with Gasteiger partial charge in [-0.05, 0) is 5.56 Å². The van der Waals surface area contributed by atoms with E-state index in [4.69, 9.17) is 0 Å². The standard InChI is InChI=1S/C16H13N5O3/c22-12-9-13(20-14(23)6-7-15(20)24)21-16(18-12)17-11(19-21)8-10-4-2-1-3-5-10/h1-5,9H,6-8H2,(H,17,18,19,22). The summed E-state index contributed by atoms with van der Waals surface area (Å²) < 4.78 is 1.33. The largest absolute Gasteiger partial charge is 0.291 e. The van der Waals surface area contributed by atoms with Crippen LogP contribution in [0.2, 0.25) is 0 Å². The predicted molar refractivity (Wildman–Crippen MR) is 84.6 cm³/mol. The van der Waals surface area contributed by atoms with Gasteiger partial charge < -0.3 is 0 Å². The minimum absolute atomic E-state index is 0.132. The van der Waals surface area contributed by atoms with Crippen LogP contribution < -0.4 is 10.5 Å². The molecule has 0 unspecified atom stereocenters. The zero-order chi connectivity index (χ0) is 16.7. The third-order valence-electron chi connectivity index (χ3n) is 3.85. The molecule has 2 aromatic heterocycles. The summed E-state index contributed by atoms with van der Waals surface area (Å²) in [5.41, 5.74) is 0.578. The minimum Gasteiger partial charge on any atom is -0.291 e. The summed E-state index contributed by atoms with van der Waals surface area (Å²) in [4.78, 5) is 43.7. The Morgan fingerprint density at radius 3 is 2.46 bits per heavy atom. The van der Waals surface area contributed by atoms with Crippen molar-refractivity contribution >= 4 is 23.4 Å². The van der Waals surface area contributed by atoms with Crippen molar-refractivity contribution in [3.63, 3.8) is 0 Å².